The second-order valence-corrected chi connectivity index (χ2v) is 18.8. The highest BCUT2D eigenvalue weighted by molar-refractivity contribution is 5.84. The third-order valence-electron chi connectivity index (χ3n) is 13.4. The van der Waals surface area contributed by atoms with E-state index < -0.39 is 0 Å². The zero-order valence-corrected chi connectivity index (χ0v) is 42.1. The first-order valence-corrected chi connectivity index (χ1v) is 26.5. The van der Waals surface area contributed by atoms with Crippen LogP contribution in [0.1, 0.15) is 163 Å². The van der Waals surface area contributed by atoms with Crippen molar-refractivity contribution in [2.75, 3.05) is 36.0 Å². The summed E-state index contributed by atoms with van der Waals surface area (Å²) in [7, 11) is 0. The molecule has 0 N–H and O–H groups in total. The van der Waals surface area contributed by atoms with E-state index >= 15 is 0 Å². The number of hydrogen-bond acceptors (Lipinski definition) is 3. The van der Waals surface area contributed by atoms with E-state index in [0.29, 0.717) is 5.56 Å². The molecule has 0 spiro atoms. The van der Waals surface area contributed by atoms with Crippen LogP contribution in [0.5, 0.6) is 0 Å². The molecule has 0 aliphatic rings. The number of hydrogen-bond donors (Lipinski definition) is 0. The lowest BCUT2D eigenvalue weighted by Crippen LogP contribution is -2.25. The molecule has 0 radical (unpaired) electrons. The minimum Gasteiger partial charge on any atom is -0.372 e. The summed E-state index contributed by atoms with van der Waals surface area (Å²) >= 11 is 0. The number of benzene rings is 6. The van der Waals surface area contributed by atoms with Crippen LogP contribution in [-0.4, -0.2) is 32.5 Å². The maximum absolute atomic E-state index is 11.5. The molecular formula is C65H80N2O. The summed E-state index contributed by atoms with van der Waals surface area (Å²) in [6, 6.07) is 50.8. The van der Waals surface area contributed by atoms with Crippen LogP contribution in [0.3, 0.4) is 0 Å². The molecule has 0 unspecified atom stereocenters. The molecular weight excluding hydrogens is 825 g/mol. The van der Waals surface area contributed by atoms with Gasteiger partial charge in [0.25, 0.3) is 0 Å². The molecule has 6 aromatic carbocycles. The van der Waals surface area contributed by atoms with Crippen molar-refractivity contribution in [1.82, 2.24) is 0 Å². The lowest BCUT2D eigenvalue weighted by Gasteiger charge is -2.25. The van der Waals surface area contributed by atoms with Crippen molar-refractivity contribution in [1.29, 1.82) is 0 Å². The second-order valence-electron chi connectivity index (χ2n) is 18.8. The lowest BCUT2D eigenvalue weighted by atomic mass is 9.92. The molecule has 0 amide bonds. The standard InChI is InChI=1S/C65H80N2O/c1-5-9-13-17-45-66(46-18-14-10-6-2)64-41-31-55(32-42-64)23-21-53-25-35-58(36-26-53)61-49-62(51-63(50-61)60-39-29-57(52-68)30-40-60)59-37-27-54(28-38-59)22-24-56-33-43-65(44-34-56)67(47-19-15-11-7-3)48-20-16-12-8-4/h21-44,49-52H,5-20,45-48H2,1-4H3/b23-21+,24-22+. The van der Waals surface area contributed by atoms with Gasteiger partial charge in [0.05, 0.1) is 0 Å². The Hall–Kier alpha value is -5.93. The molecule has 68 heavy (non-hydrogen) atoms. The Labute approximate surface area is 412 Å². The summed E-state index contributed by atoms with van der Waals surface area (Å²) in [6.07, 6.45) is 30.5. The van der Waals surface area contributed by atoms with Crippen LogP contribution < -0.4 is 9.80 Å². The van der Waals surface area contributed by atoms with E-state index in [9.17, 15) is 4.79 Å². The number of carbonyl (C=O) groups excluding carboxylic acids is 1. The average Bonchev–Trinajstić information content (AvgIpc) is 3.39. The SMILES string of the molecule is CCCCCCN(CCCCCC)c1ccc(/C=C/c2ccc(-c3cc(-c4ccc(C=O)cc4)cc(-c4ccc(/C=C/c5ccc(N(CCCCCC)CCCCCC)cc5)cc4)c3)cc2)cc1. The average molecular weight is 905 g/mol. The van der Waals surface area contributed by atoms with Gasteiger partial charge in [-0.15, -0.1) is 0 Å². The van der Waals surface area contributed by atoms with E-state index in [1.807, 2.05) is 24.3 Å². The molecule has 3 nitrogen and oxygen atoms in total. The quantitative estimate of drug-likeness (QED) is 0.0256. The lowest BCUT2D eigenvalue weighted by molar-refractivity contribution is 0.112. The summed E-state index contributed by atoms with van der Waals surface area (Å²) in [4.78, 5) is 16.7. The molecule has 6 rings (SSSR count). The molecule has 356 valence electrons. The van der Waals surface area contributed by atoms with E-state index in [1.54, 1.807) is 0 Å². The first-order valence-electron chi connectivity index (χ1n) is 26.5. The zero-order chi connectivity index (χ0) is 47.6. The number of anilines is 2. The van der Waals surface area contributed by atoms with Gasteiger partial charge in [-0.05, 0) is 124 Å². The van der Waals surface area contributed by atoms with Gasteiger partial charge in [-0.1, -0.05) is 226 Å². The fourth-order valence-electron chi connectivity index (χ4n) is 9.09. The molecule has 6 aromatic rings. The molecule has 0 aliphatic carbocycles. The Morgan fingerprint density at radius 3 is 0.794 bits per heavy atom. The van der Waals surface area contributed by atoms with Crippen molar-refractivity contribution in [3.63, 3.8) is 0 Å². The summed E-state index contributed by atoms with van der Waals surface area (Å²) in [6.45, 7) is 13.7. The predicted octanol–water partition coefficient (Wildman–Crippen LogP) is 18.8. The summed E-state index contributed by atoms with van der Waals surface area (Å²) in [5, 5.41) is 0. The Kier molecular flexibility index (Phi) is 22.0. The maximum Gasteiger partial charge on any atom is 0.150 e. The zero-order valence-electron chi connectivity index (χ0n) is 42.1. The Balaban J connectivity index is 1.15. The van der Waals surface area contributed by atoms with Crippen LogP contribution >= 0.6 is 0 Å². The van der Waals surface area contributed by atoms with Crippen LogP contribution in [0.4, 0.5) is 11.4 Å². The largest absolute Gasteiger partial charge is 0.372 e. The molecule has 0 heterocycles. The number of carbonyl (C=O) groups is 1. The number of aldehydes is 1. The monoisotopic (exact) mass is 905 g/mol. The topological polar surface area (TPSA) is 23.6 Å². The Morgan fingerprint density at radius 2 is 0.544 bits per heavy atom. The summed E-state index contributed by atoms with van der Waals surface area (Å²) in [5.41, 5.74) is 15.0. The van der Waals surface area contributed by atoms with E-state index in [0.717, 1.165) is 54.7 Å². The van der Waals surface area contributed by atoms with E-state index in [1.165, 1.54) is 147 Å². The smallest absolute Gasteiger partial charge is 0.150 e. The number of unbranched alkanes of at least 4 members (excludes halogenated alkanes) is 12. The Morgan fingerprint density at radius 1 is 0.294 bits per heavy atom. The Bertz CT molecular complexity index is 2220. The molecule has 3 heteroatoms. The van der Waals surface area contributed by atoms with Crippen LogP contribution in [0, 0.1) is 0 Å². The second kappa shape index (κ2) is 29.1. The van der Waals surface area contributed by atoms with Gasteiger partial charge in [0.1, 0.15) is 6.29 Å². The summed E-state index contributed by atoms with van der Waals surface area (Å²) in [5.74, 6) is 0. The molecule has 0 aliphatic heterocycles. The van der Waals surface area contributed by atoms with Crippen molar-refractivity contribution in [3.8, 4) is 33.4 Å². The van der Waals surface area contributed by atoms with E-state index in [-0.39, 0.29) is 0 Å². The highest BCUT2D eigenvalue weighted by Crippen LogP contribution is 2.34. The van der Waals surface area contributed by atoms with Crippen molar-refractivity contribution in [3.05, 3.63) is 167 Å². The van der Waals surface area contributed by atoms with Crippen molar-refractivity contribution in [2.45, 2.75) is 130 Å². The normalized spacial score (nSPS) is 11.5. The maximum atomic E-state index is 11.5. The minimum atomic E-state index is 0.680. The van der Waals surface area contributed by atoms with Gasteiger partial charge in [-0.3, -0.25) is 4.79 Å². The van der Waals surface area contributed by atoms with E-state index in [2.05, 4.69) is 177 Å². The van der Waals surface area contributed by atoms with Crippen LogP contribution in [0.15, 0.2) is 140 Å². The highest BCUT2D eigenvalue weighted by Gasteiger charge is 2.11. The van der Waals surface area contributed by atoms with Gasteiger partial charge in [0.2, 0.25) is 0 Å². The van der Waals surface area contributed by atoms with Crippen molar-refractivity contribution >= 4 is 42.0 Å². The summed E-state index contributed by atoms with van der Waals surface area (Å²) < 4.78 is 0. The van der Waals surface area contributed by atoms with Gasteiger partial charge in [0.15, 0.2) is 0 Å². The van der Waals surface area contributed by atoms with Gasteiger partial charge < -0.3 is 9.80 Å². The number of rotatable bonds is 30. The van der Waals surface area contributed by atoms with Gasteiger partial charge in [-0.2, -0.15) is 0 Å². The first kappa shape index (κ1) is 51.5. The molecule has 0 saturated heterocycles. The van der Waals surface area contributed by atoms with Gasteiger partial charge in [0, 0.05) is 43.1 Å². The van der Waals surface area contributed by atoms with Crippen molar-refractivity contribution in [2.24, 2.45) is 0 Å². The predicted molar refractivity (Wildman–Crippen MR) is 300 cm³/mol. The molecule has 0 fully saturated rings. The van der Waals surface area contributed by atoms with Gasteiger partial charge >= 0.3 is 0 Å². The molecule has 0 aromatic heterocycles. The molecule has 0 atom stereocenters. The fraction of sp³-hybridized carbons (Fsp3) is 0.369. The third-order valence-corrected chi connectivity index (χ3v) is 13.4. The first-order chi connectivity index (χ1) is 33.5. The van der Waals surface area contributed by atoms with E-state index in [4.69, 9.17) is 0 Å². The fourth-order valence-corrected chi connectivity index (χ4v) is 9.09. The molecule has 0 bridgehead atoms. The van der Waals surface area contributed by atoms with Crippen LogP contribution in [-0.2, 0) is 0 Å². The minimum absolute atomic E-state index is 0.680. The van der Waals surface area contributed by atoms with Crippen LogP contribution in [0.2, 0.25) is 0 Å². The third kappa shape index (κ3) is 16.7. The van der Waals surface area contributed by atoms with Crippen molar-refractivity contribution < 1.29 is 4.79 Å². The highest BCUT2D eigenvalue weighted by atomic mass is 16.1. The van der Waals surface area contributed by atoms with Crippen LogP contribution in [0.25, 0.3) is 57.7 Å². The number of nitrogens with zero attached hydrogens (tertiary/aromatic N) is 2. The van der Waals surface area contributed by atoms with Gasteiger partial charge in [-0.25, -0.2) is 0 Å². The molecule has 0 saturated carbocycles.